The van der Waals surface area contributed by atoms with Crippen molar-refractivity contribution in [3.8, 4) is 0 Å². The molecule has 1 aromatic carbocycles. The summed E-state index contributed by atoms with van der Waals surface area (Å²) in [7, 11) is 0. The average Bonchev–Trinajstić information content (AvgIpc) is 2.63. The van der Waals surface area contributed by atoms with Crippen molar-refractivity contribution in [3.05, 3.63) is 41.5 Å². The van der Waals surface area contributed by atoms with Gasteiger partial charge in [0.2, 0.25) is 0 Å². The van der Waals surface area contributed by atoms with Crippen LogP contribution in [0.2, 0.25) is 0 Å². The third kappa shape index (κ3) is 4.28. The Hall–Kier alpha value is -1.04. The second-order valence-electron chi connectivity index (χ2n) is 7.91. The molecule has 0 radical (unpaired) electrons. The van der Waals surface area contributed by atoms with Crippen LogP contribution in [-0.4, -0.2) is 0 Å². The van der Waals surface area contributed by atoms with Crippen LogP contribution in [0.5, 0.6) is 0 Å². The molecule has 0 bridgehead atoms. The molecule has 0 amide bonds. The quantitative estimate of drug-likeness (QED) is 0.533. The highest BCUT2D eigenvalue weighted by atomic mass is 14.3. The van der Waals surface area contributed by atoms with Gasteiger partial charge in [-0.1, -0.05) is 63.5 Å². The number of hydrogen-bond donors (Lipinski definition) is 0. The van der Waals surface area contributed by atoms with Crippen molar-refractivity contribution in [1.82, 2.24) is 0 Å². The molecule has 0 heteroatoms. The van der Waals surface area contributed by atoms with E-state index in [4.69, 9.17) is 0 Å². The summed E-state index contributed by atoms with van der Waals surface area (Å²) in [6, 6.07) is 9.64. The number of benzene rings is 1. The fraction of sp³-hybridized carbons (Fsp3) is 0.652. The van der Waals surface area contributed by atoms with Gasteiger partial charge in [0, 0.05) is 0 Å². The minimum Gasteiger partial charge on any atom is -0.0804 e. The van der Waals surface area contributed by atoms with Crippen LogP contribution in [0, 0.1) is 11.8 Å². The highest BCUT2D eigenvalue weighted by Gasteiger charge is 2.22. The van der Waals surface area contributed by atoms with E-state index in [2.05, 4.69) is 44.2 Å². The fourth-order valence-corrected chi connectivity index (χ4v) is 4.68. The van der Waals surface area contributed by atoms with E-state index < -0.39 is 0 Å². The Balaban J connectivity index is 1.59. The van der Waals surface area contributed by atoms with E-state index in [9.17, 15) is 0 Å². The second kappa shape index (κ2) is 8.18. The van der Waals surface area contributed by atoms with Crippen LogP contribution in [0.4, 0.5) is 0 Å². The average molecular weight is 311 g/mol. The predicted octanol–water partition coefficient (Wildman–Crippen LogP) is 7.35. The van der Waals surface area contributed by atoms with E-state index >= 15 is 0 Å². The summed E-state index contributed by atoms with van der Waals surface area (Å²) in [4.78, 5) is 0. The van der Waals surface area contributed by atoms with Crippen molar-refractivity contribution in [1.29, 1.82) is 0 Å². The van der Waals surface area contributed by atoms with Gasteiger partial charge in [-0.3, -0.25) is 0 Å². The maximum atomic E-state index is 2.50. The highest BCUT2D eigenvalue weighted by Crippen LogP contribution is 2.38. The zero-order chi connectivity index (χ0) is 16.1. The van der Waals surface area contributed by atoms with Crippen LogP contribution in [-0.2, 0) is 0 Å². The summed E-state index contributed by atoms with van der Waals surface area (Å²) in [5.74, 6) is 2.76. The molecule has 2 aliphatic carbocycles. The van der Waals surface area contributed by atoms with E-state index in [-0.39, 0.29) is 0 Å². The molecule has 1 aromatic rings. The Morgan fingerprint density at radius 3 is 2.17 bits per heavy atom. The summed E-state index contributed by atoms with van der Waals surface area (Å²) < 4.78 is 0. The molecule has 0 N–H and O–H groups in total. The molecule has 0 aromatic heterocycles. The first kappa shape index (κ1) is 16.8. The lowest BCUT2D eigenvalue weighted by atomic mass is 9.77. The lowest BCUT2D eigenvalue weighted by Gasteiger charge is -2.29. The molecule has 23 heavy (non-hydrogen) atoms. The molecule has 1 saturated carbocycles. The number of rotatable bonds is 5. The maximum Gasteiger partial charge on any atom is -0.0162 e. The summed E-state index contributed by atoms with van der Waals surface area (Å²) in [5.41, 5.74) is 4.66. The Morgan fingerprint density at radius 1 is 0.870 bits per heavy atom. The van der Waals surface area contributed by atoms with Crippen molar-refractivity contribution in [2.24, 2.45) is 11.8 Å². The van der Waals surface area contributed by atoms with E-state index in [1.807, 2.05) is 0 Å². The van der Waals surface area contributed by atoms with Gasteiger partial charge >= 0.3 is 0 Å². The lowest BCUT2D eigenvalue weighted by molar-refractivity contribution is 0.308. The van der Waals surface area contributed by atoms with Crippen LogP contribution >= 0.6 is 0 Å². The third-order valence-corrected chi connectivity index (χ3v) is 6.39. The van der Waals surface area contributed by atoms with Gasteiger partial charge in [0.1, 0.15) is 0 Å². The zero-order valence-electron chi connectivity index (χ0n) is 15.2. The van der Waals surface area contributed by atoms with Gasteiger partial charge in [-0.15, -0.1) is 0 Å². The summed E-state index contributed by atoms with van der Waals surface area (Å²) in [5, 5.41) is 0. The first-order chi connectivity index (χ1) is 11.3. The molecule has 0 nitrogen and oxygen atoms in total. The Bertz CT molecular complexity index is 499. The van der Waals surface area contributed by atoms with Gasteiger partial charge < -0.3 is 0 Å². The largest absolute Gasteiger partial charge is 0.0804 e. The van der Waals surface area contributed by atoms with Crippen molar-refractivity contribution in [2.75, 3.05) is 0 Å². The van der Waals surface area contributed by atoms with Gasteiger partial charge in [0.25, 0.3) is 0 Å². The second-order valence-corrected chi connectivity index (χ2v) is 7.91. The zero-order valence-corrected chi connectivity index (χ0v) is 15.2. The van der Waals surface area contributed by atoms with Gasteiger partial charge in [0.15, 0.2) is 0 Å². The maximum absolute atomic E-state index is 2.50. The number of hydrogen-bond acceptors (Lipinski definition) is 0. The van der Waals surface area contributed by atoms with Crippen LogP contribution in [0.25, 0.3) is 5.57 Å². The Morgan fingerprint density at radius 2 is 1.61 bits per heavy atom. The molecule has 1 unspecified atom stereocenters. The van der Waals surface area contributed by atoms with Crippen LogP contribution in [0.1, 0.15) is 95.1 Å². The molecular formula is C23H34. The molecule has 1 fully saturated rings. The first-order valence-electron chi connectivity index (χ1n) is 10.1. The summed E-state index contributed by atoms with van der Waals surface area (Å²) in [6.07, 6.45) is 16.3. The summed E-state index contributed by atoms with van der Waals surface area (Å²) >= 11 is 0. The fourth-order valence-electron chi connectivity index (χ4n) is 4.68. The highest BCUT2D eigenvalue weighted by molar-refractivity contribution is 5.66. The SMILES string of the molecule is CCC[C@H]1CC[C@H](c2ccc(C3=CCC(CC)CC3)cc2)CC1. The normalized spacial score (nSPS) is 28.4. The molecule has 2 aliphatic rings. The topological polar surface area (TPSA) is 0 Å². The minimum atomic E-state index is 0.821. The molecule has 1 atom stereocenters. The first-order valence-corrected chi connectivity index (χ1v) is 10.1. The van der Waals surface area contributed by atoms with E-state index in [1.54, 1.807) is 11.1 Å². The third-order valence-electron chi connectivity index (χ3n) is 6.39. The van der Waals surface area contributed by atoms with Crippen molar-refractivity contribution in [2.45, 2.75) is 84.0 Å². The van der Waals surface area contributed by atoms with Crippen LogP contribution < -0.4 is 0 Å². The predicted molar refractivity (Wildman–Crippen MR) is 102 cm³/mol. The van der Waals surface area contributed by atoms with Crippen LogP contribution in [0.15, 0.2) is 30.3 Å². The van der Waals surface area contributed by atoms with Crippen LogP contribution in [0.3, 0.4) is 0 Å². The Kier molecular flexibility index (Phi) is 5.97. The molecule has 3 rings (SSSR count). The van der Waals surface area contributed by atoms with Crippen molar-refractivity contribution in [3.63, 3.8) is 0 Å². The monoisotopic (exact) mass is 310 g/mol. The smallest absolute Gasteiger partial charge is 0.0162 e. The summed E-state index contributed by atoms with van der Waals surface area (Å²) in [6.45, 7) is 4.65. The van der Waals surface area contributed by atoms with E-state index in [1.165, 1.54) is 69.8 Å². The van der Waals surface area contributed by atoms with Gasteiger partial charge in [-0.05, 0) is 79.4 Å². The molecule has 0 heterocycles. The van der Waals surface area contributed by atoms with Gasteiger partial charge in [-0.25, -0.2) is 0 Å². The van der Waals surface area contributed by atoms with Crippen molar-refractivity contribution >= 4 is 5.57 Å². The van der Waals surface area contributed by atoms with E-state index in [0.717, 1.165) is 17.8 Å². The van der Waals surface area contributed by atoms with E-state index in [0.29, 0.717) is 0 Å². The lowest BCUT2D eigenvalue weighted by Crippen LogP contribution is -2.13. The standard InChI is InChI=1S/C23H34/c1-3-5-19-8-12-21(13-9-19)23-16-14-22(15-17-23)20-10-6-18(4-2)7-11-20/h10,14-19,21H,3-9,11-13H2,1-2H3/t18?,19-,21-. The number of allylic oxidation sites excluding steroid dienone is 2. The van der Waals surface area contributed by atoms with Crippen molar-refractivity contribution < 1.29 is 0 Å². The molecular weight excluding hydrogens is 276 g/mol. The van der Waals surface area contributed by atoms with Gasteiger partial charge in [0.05, 0.1) is 0 Å². The van der Waals surface area contributed by atoms with Gasteiger partial charge in [-0.2, -0.15) is 0 Å². The molecule has 0 aliphatic heterocycles. The molecule has 0 spiro atoms. The minimum absolute atomic E-state index is 0.821. The Labute approximate surface area is 143 Å². The molecule has 126 valence electrons. The molecule has 0 saturated heterocycles.